The van der Waals surface area contributed by atoms with E-state index in [9.17, 15) is 4.79 Å². The van der Waals surface area contributed by atoms with Crippen LogP contribution >= 0.6 is 15.9 Å². The number of amides is 1. The van der Waals surface area contributed by atoms with Gasteiger partial charge in [-0.05, 0) is 5.92 Å². The van der Waals surface area contributed by atoms with Gasteiger partial charge in [0.25, 0.3) is 0 Å². The predicted octanol–water partition coefficient (Wildman–Crippen LogP) is 1.49. The van der Waals surface area contributed by atoms with E-state index in [1.807, 2.05) is 13.8 Å². The molecule has 0 rings (SSSR count). The molecular formula is C7H14BrNO. The number of rotatable bonds is 2. The Kier molecular flexibility index (Phi) is 3.94. The van der Waals surface area contributed by atoms with E-state index in [-0.39, 0.29) is 10.7 Å². The fraction of sp³-hybridized carbons (Fsp3) is 0.857. The van der Waals surface area contributed by atoms with E-state index in [2.05, 4.69) is 15.9 Å². The highest BCUT2D eigenvalue weighted by molar-refractivity contribution is 9.10. The molecule has 0 N–H and O–H groups in total. The molecule has 10 heavy (non-hydrogen) atoms. The molecule has 0 aromatic rings. The van der Waals surface area contributed by atoms with Crippen molar-refractivity contribution in [2.24, 2.45) is 5.92 Å². The summed E-state index contributed by atoms with van der Waals surface area (Å²) >= 11 is 3.32. The van der Waals surface area contributed by atoms with Gasteiger partial charge in [0, 0.05) is 14.1 Å². The first-order valence-electron chi connectivity index (χ1n) is 3.32. The largest absolute Gasteiger partial charge is 0.348 e. The number of halogens is 1. The second-order valence-corrected chi connectivity index (χ2v) is 3.86. The van der Waals surface area contributed by atoms with Crippen molar-refractivity contribution in [2.75, 3.05) is 14.1 Å². The number of alkyl halides is 1. The quantitative estimate of drug-likeness (QED) is 0.629. The smallest absolute Gasteiger partial charge is 0.236 e. The van der Waals surface area contributed by atoms with Crippen molar-refractivity contribution in [1.29, 1.82) is 0 Å². The Morgan fingerprint density at radius 1 is 1.40 bits per heavy atom. The lowest BCUT2D eigenvalue weighted by Gasteiger charge is -2.17. The molecular weight excluding hydrogens is 194 g/mol. The van der Waals surface area contributed by atoms with Crippen LogP contribution in [-0.2, 0) is 4.79 Å². The Balaban J connectivity index is 3.95. The molecule has 0 bridgehead atoms. The molecule has 0 saturated carbocycles. The monoisotopic (exact) mass is 207 g/mol. The second-order valence-electron chi connectivity index (χ2n) is 2.88. The highest BCUT2D eigenvalue weighted by Gasteiger charge is 2.19. The Hall–Kier alpha value is -0.0500. The minimum Gasteiger partial charge on any atom is -0.348 e. The zero-order valence-electron chi connectivity index (χ0n) is 6.89. The number of carbonyl (C=O) groups excluding carboxylic acids is 1. The van der Waals surface area contributed by atoms with Crippen LogP contribution in [0.4, 0.5) is 0 Å². The van der Waals surface area contributed by atoms with Gasteiger partial charge in [-0.3, -0.25) is 4.79 Å². The van der Waals surface area contributed by atoms with Crippen LogP contribution in [0, 0.1) is 5.92 Å². The first kappa shape index (κ1) is 9.95. The summed E-state index contributed by atoms with van der Waals surface area (Å²) in [5, 5.41) is 0. The van der Waals surface area contributed by atoms with Crippen molar-refractivity contribution in [3.05, 3.63) is 0 Å². The minimum atomic E-state index is -0.0394. The zero-order chi connectivity index (χ0) is 8.31. The molecule has 0 aromatic heterocycles. The molecule has 0 aromatic carbocycles. The van der Waals surface area contributed by atoms with Gasteiger partial charge in [0.15, 0.2) is 0 Å². The predicted molar refractivity (Wildman–Crippen MR) is 46.2 cm³/mol. The summed E-state index contributed by atoms with van der Waals surface area (Å²) in [7, 11) is 3.53. The molecule has 0 aliphatic heterocycles. The maximum Gasteiger partial charge on any atom is 0.236 e. The summed E-state index contributed by atoms with van der Waals surface area (Å²) in [6.07, 6.45) is 0. The van der Waals surface area contributed by atoms with Gasteiger partial charge in [0.1, 0.15) is 0 Å². The summed E-state index contributed by atoms with van der Waals surface area (Å²) < 4.78 is 0. The summed E-state index contributed by atoms with van der Waals surface area (Å²) in [6.45, 7) is 4.03. The molecule has 0 aliphatic carbocycles. The van der Waals surface area contributed by atoms with Crippen molar-refractivity contribution in [3.63, 3.8) is 0 Å². The topological polar surface area (TPSA) is 20.3 Å². The van der Waals surface area contributed by atoms with Crippen LogP contribution in [0.5, 0.6) is 0 Å². The van der Waals surface area contributed by atoms with Crippen molar-refractivity contribution >= 4 is 21.8 Å². The van der Waals surface area contributed by atoms with Crippen LogP contribution in [0.25, 0.3) is 0 Å². The Labute approximate surface area is 70.7 Å². The van der Waals surface area contributed by atoms with E-state index >= 15 is 0 Å². The molecule has 0 fully saturated rings. The van der Waals surface area contributed by atoms with Crippen molar-refractivity contribution in [3.8, 4) is 0 Å². The summed E-state index contributed by atoms with van der Waals surface area (Å²) in [6, 6.07) is 0. The molecule has 2 nitrogen and oxygen atoms in total. The molecule has 60 valence electrons. The zero-order valence-corrected chi connectivity index (χ0v) is 8.47. The maximum absolute atomic E-state index is 11.2. The standard InChI is InChI=1S/C7H14BrNO/c1-5(2)6(8)7(10)9(3)4/h5-6H,1-4H3. The van der Waals surface area contributed by atoms with Crippen LogP contribution in [-0.4, -0.2) is 29.7 Å². The average Bonchev–Trinajstić information content (AvgIpc) is 1.84. The first-order chi connectivity index (χ1) is 4.46. The lowest BCUT2D eigenvalue weighted by Crippen LogP contribution is -2.32. The van der Waals surface area contributed by atoms with Crippen molar-refractivity contribution < 1.29 is 4.79 Å². The molecule has 1 atom stereocenters. The van der Waals surface area contributed by atoms with Gasteiger partial charge in [-0.2, -0.15) is 0 Å². The summed E-state index contributed by atoms with van der Waals surface area (Å²) in [5.41, 5.74) is 0. The Morgan fingerprint density at radius 3 is 1.90 bits per heavy atom. The number of carbonyl (C=O) groups is 1. The fourth-order valence-corrected chi connectivity index (χ4v) is 0.941. The first-order valence-corrected chi connectivity index (χ1v) is 4.23. The van der Waals surface area contributed by atoms with Crippen molar-refractivity contribution in [1.82, 2.24) is 4.90 Å². The van der Waals surface area contributed by atoms with Crippen LogP contribution < -0.4 is 0 Å². The third kappa shape index (κ3) is 2.69. The number of nitrogens with zero attached hydrogens (tertiary/aromatic N) is 1. The Morgan fingerprint density at radius 2 is 1.80 bits per heavy atom. The molecule has 1 unspecified atom stereocenters. The van der Waals surface area contributed by atoms with E-state index < -0.39 is 0 Å². The molecule has 0 aliphatic rings. The number of hydrogen-bond donors (Lipinski definition) is 0. The SMILES string of the molecule is CC(C)C(Br)C(=O)N(C)C. The summed E-state index contributed by atoms with van der Waals surface area (Å²) in [5.74, 6) is 0.491. The number of hydrogen-bond acceptors (Lipinski definition) is 1. The van der Waals surface area contributed by atoms with Gasteiger partial charge in [0.2, 0.25) is 5.91 Å². The van der Waals surface area contributed by atoms with Crippen LogP contribution in [0.15, 0.2) is 0 Å². The van der Waals surface area contributed by atoms with Gasteiger partial charge in [-0.15, -0.1) is 0 Å². The Bertz CT molecular complexity index is 123. The molecule has 0 heterocycles. The summed E-state index contributed by atoms with van der Waals surface area (Å²) in [4.78, 5) is 12.7. The lowest BCUT2D eigenvalue weighted by atomic mass is 10.1. The third-order valence-corrected chi connectivity index (χ3v) is 2.71. The second kappa shape index (κ2) is 3.96. The molecule has 1 amide bonds. The van der Waals surface area contributed by atoms with Gasteiger partial charge in [-0.25, -0.2) is 0 Å². The van der Waals surface area contributed by atoms with Gasteiger partial charge in [-0.1, -0.05) is 29.8 Å². The van der Waals surface area contributed by atoms with E-state index in [0.717, 1.165) is 0 Å². The van der Waals surface area contributed by atoms with Crippen LogP contribution in [0.3, 0.4) is 0 Å². The van der Waals surface area contributed by atoms with E-state index in [1.165, 1.54) is 0 Å². The molecule has 3 heteroatoms. The minimum absolute atomic E-state index is 0.0394. The van der Waals surface area contributed by atoms with E-state index in [4.69, 9.17) is 0 Å². The highest BCUT2D eigenvalue weighted by atomic mass is 79.9. The third-order valence-electron chi connectivity index (χ3n) is 1.26. The van der Waals surface area contributed by atoms with Crippen LogP contribution in [0.2, 0.25) is 0 Å². The molecule has 0 radical (unpaired) electrons. The highest BCUT2D eigenvalue weighted by Crippen LogP contribution is 2.13. The molecule has 0 saturated heterocycles. The van der Waals surface area contributed by atoms with Gasteiger partial charge < -0.3 is 4.90 Å². The molecule has 0 spiro atoms. The average molecular weight is 208 g/mol. The van der Waals surface area contributed by atoms with Gasteiger partial charge in [0.05, 0.1) is 4.83 Å². The fourth-order valence-electron chi connectivity index (χ4n) is 0.532. The van der Waals surface area contributed by atoms with Crippen LogP contribution in [0.1, 0.15) is 13.8 Å². The van der Waals surface area contributed by atoms with E-state index in [0.29, 0.717) is 5.92 Å². The van der Waals surface area contributed by atoms with Gasteiger partial charge >= 0.3 is 0 Å². The lowest BCUT2D eigenvalue weighted by molar-refractivity contribution is -0.128. The van der Waals surface area contributed by atoms with Crippen molar-refractivity contribution in [2.45, 2.75) is 18.7 Å². The normalized spacial score (nSPS) is 13.4. The van der Waals surface area contributed by atoms with E-state index in [1.54, 1.807) is 19.0 Å². The maximum atomic E-state index is 11.2.